The van der Waals surface area contributed by atoms with Crippen molar-refractivity contribution in [3.63, 3.8) is 0 Å². The van der Waals surface area contributed by atoms with E-state index < -0.39 is 0 Å². The van der Waals surface area contributed by atoms with Crippen LogP contribution in [0.15, 0.2) is 84.7 Å². The molecule has 3 rings (SSSR count). The Labute approximate surface area is 159 Å². The molecular weight excluding hydrogens is 336 g/mol. The van der Waals surface area contributed by atoms with Gasteiger partial charge in [0.1, 0.15) is 0 Å². The highest BCUT2D eigenvalue weighted by molar-refractivity contribution is 5.57. The molecule has 3 aromatic rings. The Morgan fingerprint density at radius 3 is 2.19 bits per heavy atom. The molecule has 0 bridgehead atoms. The number of aryl methyl sites for hydroxylation is 1. The van der Waals surface area contributed by atoms with E-state index in [1.54, 1.807) is 12.2 Å². The van der Waals surface area contributed by atoms with Gasteiger partial charge >= 0.3 is 5.69 Å². The van der Waals surface area contributed by atoms with E-state index in [9.17, 15) is 4.79 Å². The molecule has 0 N–H and O–H groups in total. The van der Waals surface area contributed by atoms with Gasteiger partial charge in [-0.25, -0.2) is 9.36 Å². The highest BCUT2D eigenvalue weighted by Crippen LogP contribution is 2.20. The van der Waals surface area contributed by atoms with Crippen molar-refractivity contribution < 1.29 is 0 Å². The highest BCUT2D eigenvalue weighted by atomic mass is 16.1. The van der Waals surface area contributed by atoms with Crippen molar-refractivity contribution in [2.45, 2.75) is 6.92 Å². The normalized spacial score (nSPS) is 10.4. The lowest BCUT2D eigenvalue weighted by Gasteiger charge is -2.24. The lowest BCUT2D eigenvalue weighted by Crippen LogP contribution is -2.34. The Balaban J connectivity index is 2.24. The fourth-order valence-electron chi connectivity index (χ4n) is 2.79. The zero-order valence-corrected chi connectivity index (χ0v) is 15.4. The third-order valence-corrected chi connectivity index (χ3v) is 4.10. The predicted octanol–water partition coefficient (Wildman–Crippen LogP) is 3.78. The van der Waals surface area contributed by atoms with Gasteiger partial charge in [-0.15, -0.1) is 13.2 Å². The first kappa shape index (κ1) is 18.3. The summed E-state index contributed by atoms with van der Waals surface area (Å²) in [7, 11) is 0. The fraction of sp³-hybridized carbons (Fsp3) is 0.136. The average molecular weight is 358 g/mol. The fourth-order valence-corrected chi connectivity index (χ4v) is 2.79. The molecule has 0 amide bonds. The minimum absolute atomic E-state index is 0.375. The van der Waals surface area contributed by atoms with Crippen molar-refractivity contribution in [1.29, 1.82) is 0 Å². The van der Waals surface area contributed by atoms with Crippen LogP contribution < -0.4 is 10.6 Å². The van der Waals surface area contributed by atoms with E-state index in [-0.39, 0.29) is 5.69 Å². The van der Waals surface area contributed by atoms with Crippen LogP contribution in [0.5, 0.6) is 0 Å². The third-order valence-electron chi connectivity index (χ3n) is 4.10. The minimum atomic E-state index is -0.375. The maximum Gasteiger partial charge on any atom is 0.357 e. The van der Waals surface area contributed by atoms with Crippen LogP contribution in [0.2, 0.25) is 0 Å². The Hall–Kier alpha value is -3.47. The quantitative estimate of drug-likeness (QED) is 0.603. The molecule has 5 heteroatoms. The van der Waals surface area contributed by atoms with Crippen LogP contribution in [0.4, 0.5) is 5.95 Å². The van der Waals surface area contributed by atoms with Crippen molar-refractivity contribution in [2.75, 3.05) is 18.0 Å². The van der Waals surface area contributed by atoms with Gasteiger partial charge in [0.25, 0.3) is 0 Å². The summed E-state index contributed by atoms with van der Waals surface area (Å²) >= 11 is 0. The predicted molar refractivity (Wildman–Crippen MR) is 110 cm³/mol. The molecule has 0 saturated carbocycles. The lowest BCUT2D eigenvalue weighted by molar-refractivity contribution is 0.791. The first-order valence-corrected chi connectivity index (χ1v) is 8.74. The molecule has 27 heavy (non-hydrogen) atoms. The smallest absolute Gasteiger partial charge is 0.334 e. The summed E-state index contributed by atoms with van der Waals surface area (Å²) in [5.41, 5.74) is 2.28. The van der Waals surface area contributed by atoms with Crippen LogP contribution in [0.25, 0.3) is 17.1 Å². The van der Waals surface area contributed by atoms with Crippen LogP contribution in [0.1, 0.15) is 5.56 Å². The Kier molecular flexibility index (Phi) is 5.61. The first-order valence-electron chi connectivity index (χ1n) is 8.74. The van der Waals surface area contributed by atoms with Crippen molar-refractivity contribution in [2.24, 2.45) is 0 Å². The molecule has 0 saturated heterocycles. The number of rotatable bonds is 7. The minimum Gasteiger partial charge on any atom is -0.334 e. The average Bonchev–Trinajstić information content (AvgIpc) is 2.68. The van der Waals surface area contributed by atoms with E-state index in [0.717, 1.165) is 11.1 Å². The van der Waals surface area contributed by atoms with Gasteiger partial charge in [-0.05, 0) is 19.1 Å². The number of hydrogen-bond donors (Lipinski definition) is 0. The van der Waals surface area contributed by atoms with E-state index in [4.69, 9.17) is 4.98 Å². The van der Waals surface area contributed by atoms with Gasteiger partial charge in [-0.2, -0.15) is 9.97 Å². The summed E-state index contributed by atoms with van der Waals surface area (Å²) in [6, 6.07) is 17.2. The summed E-state index contributed by atoms with van der Waals surface area (Å²) < 4.78 is 1.52. The number of anilines is 1. The second kappa shape index (κ2) is 8.27. The maximum absolute atomic E-state index is 12.9. The van der Waals surface area contributed by atoms with Crippen molar-refractivity contribution in [3.05, 3.63) is 96.0 Å². The summed E-state index contributed by atoms with van der Waals surface area (Å²) in [6.45, 7) is 10.7. The van der Waals surface area contributed by atoms with Crippen LogP contribution in [0, 0.1) is 6.92 Å². The summed E-state index contributed by atoms with van der Waals surface area (Å²) in [5, 5.41) is 0. The molecule has 0 atom stereocenters. The van der Waals surface area contributed by atoms with Crippen molar-refractivity contribution in [1.82, 2.24) is 14.5 Å². The van der Waals surface area contributed by atoms with E-state index in [1.807, 2.05) is 66.4 Å². The number of hydrogen-bond acceptors (Lipinski definition) is 4. The van der Waals surface area contributed by atoms with E-state index in [1.165, 1.54) is 4.57 Å². The van der Waals surface area contributed by atoms with Crippen molar-refractivity contribution >= 4 is 5.95 Å². The van der Waals surface area contributed by atoms with Crippen LogP contribution >= 0.6 is 0 Å². The molecule has 0 aliphatic heterocycles. The molecule has 1 heterocycles. The van der Waals surface area contributed by atoms with Gasteiger partial charge in [-0.1, -0.05) is 60.2 Å². The molecule has 1 aromatic heterocycles. The van der Waals surface area contributed by atoms with Gasteiger partial charge in [0.15, 0.2) is 5.82 Å². The molecular formula is C22H22N4O. The summed E-state index contributed by atoms with van der Waals surface area (Å²) in [6.07, 6.45) is 3.55. The Morgan fingerprint density at radius 1 is 0.963 bits per heavy atom. The van der Waals surface area contributed by atoms with Crippen molar-refractivity contribution in [3.8, 4) is 17.1 Å². The standard InChI is InChI=1S/C22H22N4O/c1-4-15-25(16-5-2)21-23-20(18-13-11-17(3)12-14-18)24-22(27)26(21)19-9-7-6-8-10-19/h4-14H,1-2,15-16H2,3H3. The SMILES string of the molecule is C=CCN(CC=C)c1nc(-c2ccc(C)cc2)nc(=O)n1-c1ccccc1. The van der Waals surface area contributed by atoms with E-state index >= 15 is 0 Å². The zero-order valence-electron chi connectivity index (χ0n) is 15.4. The third kappa shape index (κ3) is 4.03. The highest BCUT2D eigenvalue weighted by Gasteiger charge is 2.17. The number of nitrogens with zero attached hydrogens (tertiary/aromatic N) is 4. The molecule has 0 unspecified atom stereocenters. The van der Waals surface area contributed by atoms with Crippen LogP contribution in [-0.2, 0) is 0 Å². The van der Waals surface area contributed by atoms with Gasteiger partial charge in [-0.3, -0.25) is 0 Å². The molecule has 0 aliphatic carbocycles. The van der Waals surface area contributed by atoms with Crippen LogP contribution in [0.3, 0.4) is 0 Å². The number of aromatic nitrogens is 3. The lowest BCUT2D eigenvalue weighted by atomic mass is 10.1. The summed E-state index contributed by atoms with van der Waals surface area (Å²) in [4.78, 5) is 23.8. The number of benzene rings is 2. The zero-order chi connectivity index (χ0) is 19.2. The molecule has 5 nitrogen and oxygen atoms in total. The summed E-state index contributed by atoms with van der Waals surface area (Å²) in [5.74, 6) is 0.914. The Morgan fingerprint density at radius 2 is 1.59 bits per heavy atom. The van der Waals surface area contributed by atoms with Gasteiger partial charge in [0.2, 0.25) is 5.95 Å². The molecule has 0 fully saturated rings. The van der Waals surface area contributed by atoms with Gasteiger partial charge < -0.3 is 4.90 Å². The second-order valence-corrected chi connectivity index (χ2v) is 6.15. The molecule has 2 aromatic carbocycles. The second-order valence-electron chi connectivity index (χ2n) is 6.15. The molecule has 0 spiro atoms. The van der Waals surface area contributed by atoms with Gasteiger partial charge in [0, 0.05) is 18.7 Å². The molecule has 0 aliphatic rings. The van der Waals surface area contributed by atoms with Gasteiger partial charge in [0.05, 0.1) is 5.69 Å². The number of para-hydroxylation sites is 1. The topological polar surface area (TPSA) is 51.0 Å². The van der Waals surface area contributed by atoms with E-state index in [0.29, 0.717) is 30.5 Å². The monoisotopic (exact) mass is 358 g/mol. The maximum atomic E-state index is 12.9. The molecule has 0 radical (unpaired) electrons. The van der Waals surface area contributed by atoms with Crippen LogP contribution in [-0.4, -0.2) is 27.6 Å². The van der Waals surface area contributed by atoms with E-state index in [2.05, 4.69) is 18.1 Å². The largest absolute Gasteiger partial charge is 0.357 e. The first-order chi connectivity index (χ1) is 13.1. The molecule has 136 valence electrons. The Bertz CT molecular complexity index is 981.